The third kappa shape index (κ3) is 5.91. The lowest BCUT2D eigenvalue weighted by molar-refractivity contribution is 0.162. The van der Waals surface area contributed by atoms with Crippen molar-refractivity contribution in [1.82, 2.24) is 15.5 Å². The molecule has 0 saturated carbocycles. The van der Waals surface area contributed by atoms with E-state index in [2.05, 4.69) is 20.8 Å². The lowest BCUT2D eigenvalue weighted by Crippen LogP contribution is -2.35. The fourth-order valence-corrected chi connectivity index (χ4v) is 2.71. The van der Waals surface area contributed by atoms with Crippen LogP contribution in [0.25, 0.3) is 0 Å². The van der Waals surface area contributed by atoms with E-state index >= 15 is 0 Å². The van der Waals surface area contributed by atoms with Gasteiger partial charge in [-0.25, -0.2) is 9.18 Å². The van der Waals surface area contributed by atoms with Crippen molar-refractivity contribution in [3.63, 3.8) is 0 Å². The molecule has 1 atom stereocenters. The molecule has 1 aromatic carbocycles. The number of anilines is 1. The molecule has 0 fully saturated rings. The molecule has 0 aliphatic heterocycles. The summed E-state index contributed by atoms with van der Waals surface area (Å²) < 4.78 is 12.9. The van der Waals surface area contributed by atoms with Crippen LogP contribution in [0.5, 0.6) is 0 Å². The SMILES string of the molecule is CCCC(O)CNC(=O)Nc1nnc(Cc2ccc(F)cc2)s1. The summed E-state index contributed by atoms with van der Waals surface area (Å²) in [6, 6.07) is 5.73. The second-order valence-corrected chi connectivity index (χ2v) is 6.14. The number of aliphatic hydroxyl groups is 1. The van der Waals surface area contributed by atoms with Crippen LogP contribution in [0.15, 0.2) is 24.3 Å². The van der Waals surface area contributed by atoms with Crippen LogP contribution in [0.1, 0.15) is 30.3 Å². The Balaban J connectivity index is 1.82. The van der Waals surface area contributed by atoms with Crippen LogP contribution in [0.2, 0.25) is 0 Å². The van der Waals surface area contributed by atoms with E-state index in [4.69, 9.17) is 0 Å². The van der Waals surface area contributed by atoms with Crippen LogP contribution in [0, 0.1) is 5.82 Å². The first-order chi connectivity index (χ1) is 11.1. The second-order valence-electron chi connectivity index (χ2n) is 5.08. The zero-order valence-corrected chi connectivity index (χ0v) is 13.6. The van der Waals surface area contributed by atoms with E-state index in [-0.39, 0.29) is 12.4 Å². The zero-order chi connectivity index (χ0) is 16.7. The highest BCUT2D eigenvalue weighted by molar-refractivity contribution is 7.15. The van der Waals surface area contributed by atoms with Crippen molar-refractivity contribution in [3.8, 4) is 0 Å². The number of hydrogen-bond donors (Lipinski definition) is 3. The largest absolute Gasteiger partial charge is 0.391 e. The van der Waals surface area contributed by atoms with Crippen molar-refractivity contribution in [1.29, 1.82) is 0 Å². The Morgan fingerprint density at radius 2 is 2.09 bits per heavy atom. The molecule has 0 saturated heterocycles. The van der Waals surface area contributed by atoms with Crippen molar-refractivity contribution in [2.24, 2.45) is 0 Å². The summed E-state index contributed by atoms with van der Waals surface area (Å²) >= 11 is 1.25. The first kappa shape index (κ1) is 17.3. The molecular formula is C15H19FN4O2S. The molecule has 124 valence electrons. The van der Waals surface area contributed by atoms with Crippen LogP contribution in [0.3, 0.4) is 0 Å². The fraction of sp³-hybridized carbons (Fsp3) is 0.400. The highest BCUT2D eigenvalue weighted by atomic mass is 32.1. The van der Waals surface area contributed by atoms with Gasteiger partial charge >= 0.3 is 6.03 Å². The number of aliphatic hydroxyl groups excluding tert-OH is 1. The number of amides is 2. The van der Waals surface area contributed by atoms with Crippen LogP contribution in [-0.4, -0.2) is 34.0 Å². The quantitative estimate of drug-likeness (QED) is 0.724. The van der Waals surface area contributed by atoms with Gasteiger partial charge in [-0.2, -0.15) is 0 Å². The van der Waals surface area contributed by atoms with Gasteiger partial charge in [0.2, 0.25) is 5.13 Å². The van der Waals surface area contributed by atoms with Crippen LogP contribution in [-0.2, 0) is 6.42 Å². The Morgan fingerprint density at radius 1 is 1.35 bits per heavy atom. The summed E-state index contributed by atoms with van der Waals surface area (Å²) in [5.41, 5.74) is 0.918. The number of nitrogens with zero attached hydrogens (tertiary/aromatic N) is 2. The van der Waals surface area contributed by atoms with Crippen molar-refractivity contribution >= 4 is 22.5 Å². The molecule has 2 rings (SSSR count). The summed E-state index contributed by atoms with van der Waals surface area (Å²) in [5, 5.41) is 23.7. The Labute approximate surface area is 137 Å². The highest BCUT2D eigenvalue weighted by Gasteiger charge is 2.10. The number of hydrogen-bond acceptors (Lipinski definition) is 5. The van der Waals surface area contributed by atoms with E-state index in [1.165, 1.54) is 23.5 Å². The standard InChI is InChI=1S/C15H19FN4O2S/c1-2-3-12(21)9-17-14(22)18-15-20-19-13(23-15)8-10-4-6-11(16)7-5-10/h4-7,12,21H,2-3,8-9H2,1H3,(H2,17,18,20,22). The summed E-state index contributed by atoms with van der Waals surface area (Å²) in [6.07, 6.45) is 1.47. The molecule has 2 amide bonds. The summed E-state index contributed by atoms with van der Waals surface area (Å²) in [4.78, 5) is 11.7. The van der Waals surface area contributed by atoms with E-state index < -0.39 is 12.1 Å². The summed E-state index contributed by atoms with van der Waals surface area (Å²) in [7, 11) is 0. The minimum absolute atomic E-state index is 0.195. The topological polar surface area (TPSA) is 87.1 Å². The predicted molar refractivity (Wildman–Crippen MR) is 87.1 cm³/mol. The lowest BCUT2D eigenvalue weighted by Gasteiger charge is -2.10. The average molecular weight is 338 g/mol. The van der Waals surface area contributed by atoms with Gasteiger partial charge < -0.3 is 10.4 Å². The number of carbonyl (C=O) groups is 1. The molecule has 0 aliphatic rings. The van der Waals surface area contributed by atoms with Gasteiger partial charge in [0.1, 0.15) is 10.8 Å². The minimum Gasteiger partial charge on any atom is -0.391 e. The highest BCUT2D eigenvalue weighted by Crippen LogP contribution is 2.18. The Bertz CT molecular complexity index is 633. The van der Waals surface area contributed by atoms with E-state index in [0.29, 0.717) is 18.0 Å². The van der Waals surface area contributed by atoms with Gasteiger partial charge in [0, 0.05) is 13.0 Å². The Morgan fingerprint density at radius 3 is 2.78 bits per heavy atom. The monoisotopic (exact) mass is 338 g/mol. The lowest BCUT2D eigenvalue weighted by atomic mass is 10.2. The van der Waals surface area contributed by atoms with Gasteiger partial charge in [0.05, 0.1) is 6.10 Å². The average Bonchev–Trinajstić information content (AvgIpc) is 2.95. The molecule has 0 radical (unpaired) electrons. The van der Waals surface area contributed by atoms with Gasteiger partial charge in [-0.15, -0.1) is 10.2 Å². The molecule has 0 spiro atoms. The number of aromatic nitrogens is 2. The number of halogens is 1. The van der Waals surface area contributed by atoms with Crippen LogP contribution >= 0.6 is 11.3 Å². The molecule has 1 aromatic heterocycles. The van der Waals surface area contributed by atoms with Crippen molar-refractivity contribution in [2.75, 3.05) is 11.9 Å². The fourth-order valence-electron chi connectivity index (χ4n) is 1.94. The van der Waals surface area contributed by atoms with E-state index in [1.807, 2.05) is 6.92 Å². The molecular weight excluding hydrogens is 319 g/mol. The van der Waals surface area contributed by atoms with Crippen molar-refractivity contribution in [3.05, 3.63) is 40.7 Å². The molecule has 0 aliphatic carbocycles. The first-order valence-electron chi connectivity index (χ1n) is 7.36. The van der Waals surface area contributed by atoms with Crippen LogP contribution < -0.4 is 10.6 Å². The maximum absolute atomic E-state index is 12.9. The number of urea groups is 1. The minimum atomic E-state index is -0.547. The maximum atomic E-state index is 12.9. The third-order valence-corrected chi connectivity index (χ3v) is 3.91. The van der Waals surface area contributed by atoms with Crippen molar-refractivity contribution in [2.45, 2.75) is 32.3 Å². The smallest absolute Gasteiger partial charge is 0.321 e. The number of rotatable bonds is 7. The molecule has 23 heavy (non-hydrogen) atoms. The molecule has 6 nitrogen and oxygen atoms in total. The Hall–Kier alpha value is -2.06. The molecule has 2 aromatic rings. The zero-order valence-electron chi connectivity index (χ0n) is 12.8. The molecule has 1 heterocycles. The number of nitrogens with one attached hydrogen (secondary N) is 2. The van der Waals surface area contributed by atoms with Crippen LogP contribution in [0.4, 0.5) is 14.3 Å². The molecule has 8 heteroatoms. The summed E-state index contributed by atoms with van der Waals surface area (Å²) in [6.45, 7) is 2.16. The van der Waals surface area contributed by atoms with Gasteiger partial charge in [0.15, 0.2) is 0 Å². The van der Waals surface area contributed by atoms with E-state index in [1.54, 1.807) is 12.1 Å². The van der Waals surface area contributed by atoms with Gasteiger partial charge in [-0.3, -0.25) is 5.32 Å². The molecule has 0 bridgehead atoms. The number of benzene rings is 1. The third-order valence-electron chi connectivity index (χ3n) is 3.08. The normalized spacial score (nSPS) is 12.0. The van der Waals surface area contributed by atoms with Crippen molar-refractivity contribution < 1.29 is 14.3 Å². The van der Waals surface area contributed by atoms with Gasteiger partial charge in [0.25, 0.3) is 0 Å². The Kier molecular flexibility index (Phi) is 6.42. The molecule has 3 N–H and O–H groups in total. The predicted octanol–water partition coefficient (Wildman–Crippen LogP) is 2.55. The second kappa shape index (κ2) is 8.54. The van der Waals surface area contributed by atoms with E-state index in [0.717, 1.165) is 17.0 Å². The molecule has 1 unspecified atom stereocenters. The van der Waals surface area contributed by atoms with Gasteiger partial charge in [-0.05, 0) is 24.1 Å². The van der Waals surface area contributed by atoms with Gasteiger partial charge in [-0.1, -0.05) is 36.8 Å². The van der Waals surface area contributed by atoms with E-state index in [9.17, 15) is 14.3 Å². The number of carbonyl (C=O) groups excluding carboxylic acids is 1. The summed E-state index contributed by atoms with van der Waals surface area (Å²) in [5.74, 6) is -0.282. The first-order valence-corrected chi connectivity index (χ1v) is 8.18. The maximum Gasteiger partial charge on any atom is 0.321 e.